The lowest BCUT2D eigenvalue weighted by molar-refractivity contribution is -0.128. The summed E-state index contributed by atoms with van der Waals surface area (Å²) in [6.07, 6.45) is 3.92. The van der Waals surface area contributed by atoms with E-state index in [0.717, 1.165) is 58.4 Å². The van der Waals surface area contributed by atoms with Gasteiger partial charge in [0.2, 0.25) is 5.91 Å². The molecule has 2 aliphatic rings. The van der Waals surface area contributed by atoms with Crippen molar-refractivity contribution < 1.29 is 14.4 Å². The number of para-hydroxylation sites is 1. The van der Waals surface area contributed by atoms with Gasteiger partial charge in [0.25, 0.3) is 5.91 Å². The average Bonchev–Trinajstić information content (AvgIpc) is 2.93. The summed E-state index contributed by atoms with van der Waals surface area (Å²) in [7, 11) is 0. The Labute approximate surface area is 144 Å². The van der Waals surface area contributed by atoms with E-state index >= 15 is 0 Å². The van der Waals surface area contributed by atoms with Gasteiger partial charge >= 0.3 is 6.03 Å². The summed E-state index contributed by atoms with van der Waals surface area (Å²) in [5, 5.41) is 6.23. The quantitative estimate of drug-likeness (QED) is 0.832. The van der Waals surface area contributed by atoms with Gasteiger partial charge in [-0.05, 0) is 37.3 Å². The molecule has 0 spiro atoms. The Bertz CT molecular complexity index is 877. The number of aromatic nitrogens is 1. The molecule has 2 aromatic rings. The zero-order valence-electron chi connectivity index (χ0n) is 13.7. The Morgan fingerprint density at radius 2 is 2.00 bits per heavy atom. The third-order valence-corrected chi connectivity index (χ3v) is 4.67. The Morgan fingerprint density at radius 3 is 2.80 bits per heavy atom. The molecule has 1 aromatic carbocycles. The molecule has 0 atom stereocenters. The third kappa shape index (κ3) is 2.82. The first kappa shape index (κ1) is 15.6. The normalized spacial score (nSPS) is 16.7. The number of amides is 4. The second-order valence-electron chi connectivity index (χ2n) is 6.32. The highest BCUT2D eigenvalue weighted by Crippen LogP contribution is 2.33. The number of nitrogens with one attached hydrogen (secondary N) is 2. The number of pyridine rings is 1. The summed E-state index contributed by atoms with van der Waals surface area (Å²) in [5.41, 5.74) is 3.69. The van der Waals surface area contributed by atoms with E-state index in [1.165, 1.54) is 0 Å². The number of carbonyl (C=O) groups excluding carboxylic acids is 3. The summed E-state index contributed by atoms with van der Waals surface area (Å²) < 4.78 is 0. The number of hydrogen-bond acceptors (Lipinski definition) is 4. The predicted octanol–water partition coefficient (Wildman–Crippen LogP) is 1.60. The second kappa shape index (κ2) is 6.16. The van der Waals surface area contributed by atoms with Crippen molar-refractivity contribution in [2.75, 3.05) is 18.4 Å². The summed E-state index contributed by atoms with van der Waals surface area (Å²) in [6, 6.07) is 7.16. The molecule has 0 bridgehead atoms. The number of carbonyl (C=O) groups is 3. The lowest BCUT2D eigenvalue weighted by atomic mass is 9.92. The largest absolute Gasteiger partial charge is 0.329 e. The van der Waals surface area contributed by atoms with Gasteiger partial charge in [0.15, 0.2) is 0 Å². The van der Waals surface area contributed by atoms with E-state index in [2.05, 4.69) is 10.6 Å². The molecule has 1 aliphatic heterocycles. The third-order valence-electron chi connectivity index (χ3n) is 4.67. The van der Waals surface area contributed by atoms with Gasteiger partial charge in [-0.25, -0.2) is 4.79 Å². The lowest BCUT2D eigenvalue weighted by Gasteiger charge is -2.21. The number of rotatable bonds is 3. The highest BCUT2D eigenvalue weighted by Gasteiger charge is 2.30. The van der Waals surface area contributed by atoms with Crippen LogP contribution in [0.15, 0.2) is 24.3 Å². The zero-order valence-corrected chi connectivity index (χ0v) is 13.7. The number of aryl methyl sites for hydroxylation is 1. The molecule has 0 saturated carbocycles. The van der Waals surface area contributed by atoms with Crippen LogP contribution in [-0.4, -0.2) is 40.8 Å². The summed E-state index contributed by atoms with van der Waals surface area (Å²) in [4.78, 5) is 41.4. The van der Waals surface area contributed by atoms with Gasteiger partial charge in [-0.15, -0.1) is 0 Å². The van der Waals surface area contributed by atoms with Crippen LogP contribution in [0.5, 0.6) is 0 Å². The number of hydrogen-bond donors (Lipinski definition) is 2. The number of nitrogens with zero attached hydrogens (tertiary/aromatic N) is 2. The van der Waals surface area contributed by atoms with E-state index in [1.54, 1.807) is 0 Å². The van der Waals surface area contributed by atoms with Gasteiger partial charge in [0.1, 0.15) is 6.54 Å². The van der Waals surface area contributed by atoms with Gasteiger partial charge in [0, 0.05) is 11.1 Å². The molecule has 4 amide bonds. The van der Waals surface area contributed by atoms with Gasteiger partial charge in [0.05, 0.1) is 17.7 Å². The Hall–Kier alpha value is -2.96. The monoisotopic (exact) mass is 338 g/mol. The molecule has 25 heavy (non-hydrogen) atoms. The molecule has 0 unspecified atom stereocenters. The molecular weight excluding hydrogens is 320 g/mol. The van der Waals surface area contributed by atoms with Crippen LogP contribution in [0.3, 0.4) is 0 Å². The topological polar surface area (TPSA) is 91.4 Å². The van der Waals surface area contributed by atoms with Crippen LogP contribution in [-0.2, 0) is 22.4 Å². The Morgan fingerprint density at radius 1 is 1.20 bits per heavy atom. The molecule has 0 radical (unpaired) electrons. The summed E-state index contributed by atoms with van der Waals surface area (Å²) >= 11 is 0. The van der Waals surface area contributed by atoms with Gasteiger partial charge in [-0.2, -0.15) is 0 Å². The number of anilines is 1. The van der Waals surface area contributed by atoms with Gasteiger partial charge in [-0.3, -0.25) is 19.5 Å². The van der Waals surface area contributed by atoms with E-state index in [1.807, 2.05) is 24.3 Å². The first-order valence-corrected chi connectivity index (χ1v) is 8.42. The molecule has 4 rings (SSSR count). The molecule has 1 saturated heterocycles. The molecule has 2 N–H and O–H groups in total. The maximum atomic E-state index is 12.5. The van der Waals surface area contributed by atoms with E-state index in [-0.39, 0.29) is 24.9 Å². The molecule has 1 aliphatic carbocycles. The minimum Gasteiger partial charge on any atom is -0.329 e. The molecule has 2 heterocycles. The van der Waals surface area contributed by atoms with Crippen molar-refractivity contribution in [3.63, 3.8) is 0 Å². The molecule has 1 aromatic heterocycles. The molecule has 7 heteroatoms. The van der Waals surface area contributed by atoms with E-state index in [0.29, 0.717) is 0 Å². The van der Waals surface area contributed by atoms with Crippen LogP contribution in [0.4, 0.5) is 10.5 Å². The smallest absolute Gasteiger partial charge is 0.325 e. The lowest BCUT2D eigenvalue weighted by Crippen LogP contribution is -2.38. The Kier molecular flexibility index (Phi) is 3.83. The molecule has 1 fully saturated rings. The summed E-state index contributed by atoms with van der Waals surface area (Å²) in [6.45, 7) is -0.338. The van der Waals surface area contributed by atoms with Crippen molar-refractivity contribution in [3.05, 3.63) is 35.5 Å². The Balaban J connectivity index is 1.67. The van der Waals surface area contributed by atoms with Crippen molar-refractivity contribution in [2.24, 2.45) is 0 Å². The van der Waals surface area contributed by atoms with Crippen LogP contribution in [0.1, 0.15) is 24.1 Å². The highest BCUT2D eigenvalue weighted by atomic mass is 16.2. The first-order valence-electron chi connectivity index (χ1n) is 8.42. The van der Waals surface area contributed by atoms with Crippen molar-refractivity contribution >= 4 is 34.4 Å². The van der Waals surface area contributed by atoms with Crippen LogP contribution in [0.2, 0.25) is 0 Å². The SMILES string of the molecule is O=C(CN1C(=O)CNC1=O)Nc1c2c(nc3ccccc13)CCCC2. The van der Waals surface area contributed by atoms with Gasteiger partial charge in [-0.1, -0.05) is 18.2 Å². The fourth-order valence-electron chi connectivity index (χ4n) is 3.45. The van der Waals surface area contributed by atoms with E-state index in [9.17, 15) is 14.4 Å². The van der Waals surface area contributed by atoms with E-state index in [4.69, 9.17) is 4.98 Å². The van der Waals surface area contributed by atoms with Crippen molar-refractivity contribution in [2.45, 2.75) is 25.7 Å². The van der Waals surface area contributed by atoms with Crippen molar-refractivity contribution in [3.8, 4) is 0 Å². The van der Waals surface area contributed by atoms with Crippen LogP contribution in [0.25, 0.3) is 10.9 Å². The maximum Gasteiger partial charge on any atom is 0.325 e. The number of urea groups is 1. The minimum absolute atomic E-state index is 0.0559. The second-order valence-corrected chi connectivity index (χ2v) is 6.32. The zero-order chi connectivity index (χ0) is 17.4. The minimum atomic E-state index is -0.526. The number of fused-ring (bicyclic) bond motifs is 2. The predicted molar refractivity (Wildman–Crippen MR) is 92.1 cm³/mol. The number of imide groups is 1. The van der Waals surface area contributed by atoms with E-state index < -0.39 is 6.03 Å². The standard InChI is InChI=1S/C18H18N4O3/c23-15(10-22-16(24)9-19-18(22)25)21-17-11-5-1-3-7-13(11)20-14-8-4-2-6-12(14)17/h1,3,5,7H,2,4,6,8-10H2,(H,19,25)(H,20,21,23). The van der Waals surface area contributed by atoms with Crippen LogP contribution >= 0.6 is 0 Å². The first-order chi connectivity index (χ1) is 12.1. The van der Waals surface area contributed by atoms with Gasteiger partial charge < -0.3 is 10.6 Å². The maximum absolute atomic E-state index is 12.5. The van der Waals surface area contributed by atoms with Crippen molar-refractivity contribution in [1.82, 2.24) is 15.2 Å². The fourth-order valence-corrected chi connectivity index (χ4v) is 3.45. The average molecular weight is 338 g/mol. The van der Waals surface area contributed by atoms with Crippen LogP contribution in [0, 0.1) is 0 Å². The van der Waals surface area contributed by atoms with Crippen molar-refractivity contribution in [1.29, 1.82) is 0 Å². The number of benzene rings is 1. The fraction of sp³-hybridized carbons (Fsp3) is 0.333. The summed E-state index contributed by atoms with van der Waals surface area (Å²) in [5.74, 6) is -0.767. The molecular formula is C18H18N4O3. The van der Waals surface area contributed by atoms with Crippen LogP contribution < -0.4 is 10.6 Å². The highest BCUT2D eigenvalue weighted by molar-refractivity contribution is 6.08. The molecule has 128 valence electrons. The molecule has 7 nitrogen and oxygen atoms in total.